The molecule has 1 aliphatic carbocycles. The fraction of sp³-hybridized carbons (Fsp3) is 0.190. The molecule has 4 heteroatoms. The third kappa shape index (κ3) is 2.94. The molecule has 25 heavy (non-hydrogen) atoms. The molecule has 0 aliphatic heterocycles. The van der Waals surface area contributed by atoms with E-state index in [9.17, 15) is 4.79 Å². The quantitative estimate of drug-likeness (QED) is 0.716. The van der Waals surface area contributed by atoms with Crippen molar-refractivity contribution >= 4 is 22.9 Å². The van der Waals surface area contributed by atoms with Crippen LogP contribution in [0.3, 0.4) is 0 Å². The molecule has 0 atom stereocenters. The van der Waals surface area contributed by atoms with Crippen LogP contribution in [0.1, 0.15) is 26.4 Å². The van der Waals surface area contributed by atoms with E-state index in [4.69, 9.17) is 4.74 Å². The molecule has 0 unspecified atom stereocenters. The largest absolute Gasteiger partial charge is 0.495 e. The number of carbonyl (C=O) groups excluding carboxylic acids is 1. The Morgan fingerprint density at radius 2 is 1.88 bits per heavy atom. The number of anilines is 1. The van der Waals surface area contributed by atoms with Gasteiger partial charge in [0, 0.05) is 4.88 Å². The number of amides is 1. The Morgan fingerprint density at radius 3 is 2.72 bits per heavy atom. The lowest BCUT2D eigenvalue weighted by atomic mass is 9.91. The first-order valence-corrected chi connectivity index (χ1v) is 9.14. The number of aryl methyl sites for hydroxylation is 3. The Kier molecular flexibility index (Phi) is 4.06. The predicted molar refractivity (Wildman–Crippen MR) is 103 cm³/mol. The van der Waals surface area contributed by atoms with Gasteiger partial charge in [0.1, 0.15) is 5.75 Å². The van der Waals surface area contributed by atoms with Crippen molar-refractivity contribution in [2.75, 3.05) is 12.4 Å². The van der Waals surface area contributed by atoms with Gasteiger partial charge in [0.05, 0.1) is 17.7 Å². The highest BCUT2D eigenvalue weighted by Gasteiger charge is 2.21. The van der Waals surface area contributed by atoms with E-state index < -0.39 is 0 Å². The van der Waals surface area contributed by atoms with Gasteiger partial charge >= 0.3 is 0 Å². The topological polar surface area (TPSA) is 38.3 Å². The van der Waals surface area contributed by atoms with E-state index in [1.165, 1.54) is 21.6 Å². The van der Waals surface area contributed by atoms with E-state index in [0.717, 1.165) is 23.3 Å². The van der Waals surface area contributed by atoms with Gasteiger partial charge in [-0.25, -0.2) is 0 Å². The van der Waals surface area contributed by atoms with Gasteiger partial charge < -0.3 is 10.1 Å². The lowest BCUT2D eigenvalue weighted by Gasteiger charge is -2.15. The summed E-state index contributed by atoms with van der Waals surface area (Å²) in [5, 5.41) is 3.00. The maximum absolute atomic E-state index is 12.8. The Morgan fingerprint density at radius 1 is 1.08 bits per heavy atom. The molecule has 2 aromatic carbocycles. The zero-order chi connectivity index (χ0) is 17.4. The Balaban J connectivity index is 1.65. The molecule has 0 saturated carbocycles. The first-order valence-electron chi connectivity index (χ1n) is 8.32. The van der Waals surface area contributed by atoms with Crippen LogP contribution in [0.25, 0.3) is 10.4 Å². The van der Waals surface area contributed by atoms with Crippen molar-refractivity contribution < 1.29 is 9.53 Å². The lowest BCUT2D eigenvalue weighted by Crippen LogP contribution is -2.11. The second-order valence-electron chi connectivity index (χ2n) is 6.28. The molecule has 1 N–H and O–H groups in total. The van der Waals surface area contributed by atoms with Crippen molar-refractivity contribution in [2.24, 2.45) is 0 Å². The van der Waals surface area contributed by atoms with Gasteiger partial charge in [-0.2, -0.15) is 0 Å². The summed E-state index contributed by atoms with van der Waals surface area (Å²) in [5.41, 5.74) is 5.69. The minimum Gasteiger partial charge on any atom is -0.495 e. The molecule has 1 aliphatic rings. The highest BCUT2D eigenvalue weighted by molar-refractivity contribution is 7.17. The number of hydrogen-bond donors (Lipinski definition) is 1. The average Bonchev–Trinajstić information content (AvgIpc) is 3.07. The molecule has 0 bridgehead atoms. The van der Waals surface area contributed by atoms with Crippen LogP contribution in [0.15, 0.2) is 48.5 Å². The monoisotopic (exact) mass is 349 g/mol. The highest BCUT2D eigenvalue weighted by atomic mass is 32.1. The van der Waals surface area contributed by atoms with Crippen molar-refractivity contribution in [3.8, 4) is 16.2 Å². The van der Waals surface area contributed by atoms with Gasteiger partial charge in [0.25, 0.3) is 5.91 Å². The van der Waals surface area contributed by atoms with Crippen molar-refractivity contribution in [3.63, 3.8) is 0 Å². The molecule has 4 rings (SSSR count). The predicted octanol–water partition coefficient (Wildman–Crippen LogP) is 5.08. The minimum atomic E-state index is -0.0826. The average molecular weight is 349 g/mol. The van der Waals surface area contributed by atoms with Crippen LogP contribution in [0.5, 0.6) is 5.75 Å². The number of carbonyl (C=O) groups is 1. The molecule has 0 fully saturated rings. The van der Waals surface area contributed by atoms with Crippen LogP contribution < -0.4 is 10.1 Å². The molecule has 1 amide bonds. The first kappa shape index (κ1) is 15.9. The molecule has 3 aromatic rings. The van der Waals surface area contributed by atoms with Crippen molar-refractivity contribution in [2.45, 2.75) is 19.8 Å². The zero-order valence-corrected chi connectivity index (χ0v) is 15.1. The third-order valence-electron chi connectivity index (χ3n) is 4.56. The van der Waals surface area contributed by atoms with Crippen LogP contribution in [0.2, 0.25) is 0 Å². The second-order valence-corrected chi connectivity index (χ2v) is 7.33. The fourth-order valence-corrected chi connectivity index (χ4v) is 4.45. The smallest absolute Gasteiger partial charge is 0.265 e. The number of nitrogens with one attached hydrogen (secondary N) is 1. The van der Waals surface area contributed by atoms with E-state index >= 15 is 0 Å². The molecule has 3 nitrogen and oxygen atoms in total. The molecule has 0 radical (unpaired) electrons. The van der Waals surface area contributed by atoms with E-state index in [2.05, 4.69) is 29.6 Å². The fourth-order valence-electron chi connectivity index (χ4n) is 3.29. The summed E-state index contributed by atoms with van der Waals surface area (Å²) in [4.78, 5) is 14.7. The number of benzene rings is 2. The van der Waals surface area contributed by atoms with Crippen LogP contribution >= 0.6 is 11.3 Å². The van der Waals surface area contributed by atoms with E-state index in [1.807, 2.05) is 31.2 Å². The molecule has 126 valence electrons. The van der Waals surface area contributed by atoms with Gasteiger partial charge in [-0.05, 0) is 60.2 Å². The molecule has 0 spiro atoms. The maximum Gasteiger partial charge on any atom is 0.265 e. The summed E-state index contributed by atoms with van der Waals surface area (Å²) in [6, 6.07) is 16.3. The summed E-state index contributed by atoms with van der Waals surface area (Å²) in [5.74, 6) is 0.589. The van der Waals surface area contributed by atoms with Gasteiger partial charge in [-0.15, -0.1) is 11.3 Å². The summed E-state index contributed by atoms with van der Waals surface area (Å²) < 4.78 is 5.35. The van der Waals surface area contributed by atoms with E-state index in [1.54, 1.807) is 18.4 Å². The maximum atomic E-state index is 12.8. The third-order valence-corrected chi connectivity index (χ3v) is 5.77. The summed E-state index contributed by atoms with van der Waals surface area (Å²) in [6.07, 6.45) is 2.02. The van der Waals surface area contributed by atoms with E-state index in [-0.39, 0.29) is 5.91 Å². The highest BCUT2D eigenvalue weighted by Crippen LogP contribution is 2.39. The number of thiophene rings is 1. The standard InChI is InChI=1S/C21H19NO2S/c1-13-7-10-18(24-2)17(11-13)22-21(23)19-12-15-9-8-14-5-3-4-6-16(14)20(15)25-19/h3-7,10-12H,8-9H2,1-2H3,(H,22,23). The van der Waals surface area contributed by atoms with Crippen molar-refractivity contribution in [1.29, 1.82) is 0 Å². The normalized spacial score (nSPS) is 12.2. The number of ether oxygens (including phenoxy) is 1. The molecular weight excluding hydrogens is 330 g/mol. The van der Waals surface area contributed by atoms with Crippen molar-refractivity contribution in [1.82, 2.24) is 0 Å². The zero-order valence-electron chi connectivity index (χ0n) is 14.3. The number of rotatable bonds is 3. The van der Waals surface area contributed by atoms with Gasteiger partial charge in [0.2, 0.25) is 0 Å². The number of hydrogen-bond acceptors (Lipinski definition) is 3. The van der Waals surface area contributed by atoms with Gasteiger partial charge in [-0.1, -0.05) is 30.3 Å². The molecule has 1 heterocycles. The van der Waals surface area contributed by atoms with Crippen LogP contribution in [-0.4, -0.2) is 13.0 Å². The van der Waals surface area contributed by atoms with Crippen LogP contribution in [-0.2, 0) is 12.8 Å². The number of fused-ring (bicyclic) bond motifs is 3. The SMILES string of the molecule is COc1ccc(C)cc1NC(=O)c1cc2c(s1)-c1ccccc1CC2. The summed E-state index contributed by atoms with van der Waals surface area (Å²) in [7, 11) is 1.61. The summed E-state index contributed by atoms with van der Waals surface area (Å²) >= 11 is 1.57. The van der Waals surface area contributed by atoms with E-state index in [0.29, 0.717) is 11.4 Å². The second kappa shape index (κ2) is 6.37. The Labute approximate surface area is 151 Å². The molecule has 1 aromatic heterocycles. The first-order chi connectivity index (χ1) is 12.2. The Hall–Kier alpha value is -2.59. The van der Waals surface area contributed by atoms with Gasteiger partial charge in [-0.3, -0.25) is 4.79 Å². The van der Waals surface area contributed by atoms with Gasteiger partial charge in [0.15, 0.2) is 0 Å². The van der Waals surface area contributed by atoms with Crippen molar-refractivity contribution in [3.05, 3.63) is 70.1 Å². The van der Waals surface area contributed by atoms with Crippen LogP contribution in [0.4, 0.5) is 5.69 Å². The lowest BCUT2D eigenvalue weighted by molar-refractivity contribution is 0.103. The minimum absolute atomic E-state index is 0.0826. The molecular formula is C21H19NO2S. The molecule has 0 saturated heterocycles. The Bertz CT molecular complexity index is 958. The summed E-state index contributed by atoms with van der Waals surface area (Å²) in [6.45, 7) is 2.00. The number of methoxy groups -OCH3 is 1. The van der Waals surface area contributed by atoms with Crippen LogP contribution in [0, 0.1) is 6.92 Å².